The Morgan fingerprint density at radius 2 is 1.26 bits per heavy atom. The third-order valence-corrected chi connectivity index (χ3v) is 10.0. The van der Waals surface area contributed by atoms with E-state index in [1.807, 2.05) is 66.4 Å². The Hall–Kier alpha value is -0.526. The minimum Gasteiger partial charge on any atom is -0.404 e. The molecule has 1 unspecified atom stereocenters. The largest absolute Gasteiger partial charge is 0.484 e. The van der Waals surface area contributed by atoms with Gasteiger partial charge in [0.15, 0.2) is 0 Å². The number of halogens is 4. The van der Waals surface area contributed by atoms with Gasteiger partial charge in [0, 0.05) is 0 Å². The third kappa shape index (κ3) is 5.80. The molecule has 0 N–H and O–H groups in total. The first-order valence-electron chi connectivity index (χ1n) is 6.76. The molecule has 7 heteroatoms. The van der Waals surface area contributed by atoms with Gasteiger partial charge >= 0.3 is 13.9 Å². The standard InChI is InChI=1S/C16H14Cl4OSi2/c1-2-22(17,21-23(18,19)20)13-16(14-9-5-3-6-10-14)15-11-7-4-8-12-15/h2-13H,1H2. The van der Waals surface area contributed by atoms with E-state index in [1.54, 1.807) is 5.70 Å². The van der Waals surface area contributed by atoms with Crippen molar-refractivity contribution in [1.29, 1.82) is 0 Å². The van der Waals surface area contributed by atoms with Gasteiger partial charge in [0.1, 0.15) is 0 Å². The highest BCUT2D eigenvalue weighted by atomic mass is 35.8. The molecule has 0 fully saturated rings. The number of hydrogen-bond acceptors (Lipinski definition) is 1. The first-order chi connectivity index (χ1) is 10.8. The van der Waals surface area contributed by atoms with Gasteiger partial charge in [-0.05, 0) is 22.4 Å². The molecule has 23 heavy (non-hydrogen) atoms. The summed E-state index contributed by atoms with van der Waals surface area (Å²) >= 11 is 24.3. The highest BCUT2D eigenvalue weighted by Gasteiger charge is 2.40. The zero-order valence-corrected chi connectivity index (χ0v) is 17.1. The van der Waals surface area contributed by atoms with Crippen molar-refractivity contribution >= 4 is 63.8 Å². The minimum atomic E-state index is -3.35. The second-order valence-electron chi connectivity index (χ2n) is 4.74. The molecule has 1 nitrogen and oxygen atoms in total. The van der Waals surface area contributed by atoms with Crippen LogP contribution in [0.1, 0.15) is 11.1 Å². The third-order valence-electron chi connectivity index (χ3n) is 3.06. The average molecular weight is 420 g/mol. The second-order valence-corrected chi connectivity index (χ2v) is 16.8. The summed E-state index contributed by atoms with van der Waals surface area (Å²) in [5.74, 6) is 0. The van der Waals surface area contributed by atoms with E-state index in [4.69, 9.17) is 48.4 Å². The van der Waals surface area contributed by atoms with Gasteiger partial charge in [-0.25, -0.2) is 0 Å². The highest BCUT2D eigenvalue weighted by molar-refractivity contribution is 7.63. The van der Waals surface area contributed by atoms with Crippen LogP contribution in [0, 0.1) is 0 Å². The molecule has 0 saturated carbocycles. The maximum absolute atomic E-state index is 6.61. The summed E-state index contributed by atoms with van der Waals surface area (Å²) in [4.78, 5) is 0. The van der Waals surface area contributed by atoms with Gasteiger partial charge in [0.05, 0.1) is 0 Å². The zero-order valence-electron chi connectivity index (χ0n) is 12.1. The van der Waals surface area contributed by atoms with E-state index >= 15 is 0 Å². The summed E-state index contributed by atoms with van der Waals surface area (Å²) in [7, 11) is -3.05. The predicted octanol–water partition coefficient (Wildman–Crippen LogP) is 6.23. The van der Waals surface area contributed by atoms with Gasteiger partial charge in [0.25, 0.3) is 0 Å². The summed E-state index contributed by atoms with van der Waals surface area (Å²) in [5.41, 5.74) is 6.34. The fraction of sp³-hybridized carbons (Fsp3) is 0. The second kappa shape index (κ2) is 8.03. The Morgan fingerprint density at radius 3 is 1.61 bits per heavy atom. The maximum Gasteiger partial charge on any atom is 0.484 e. The van der Waals surface area contributed by atoms with Crippen molar-refractivity contribution in [2.75, 3.05) is 0 Å². The fourth-order valence-electron chi connectivity index (χ4n) is 2.07. The molecule has 2 rings (SSSR count). The quantitative estimate of drug-likeness (QED) is 0.398. The molecule has 0 aliphatic carbocycles. The van der Waals surface area contributed by atoms with Crippen molar-refractivity contribution in [2.45, 2.75) is 0 Å². The van der Waals surface area contributed by atoms with Crippen LogP contribution in [0.25, 0.3) is 5.57 Å². The Kier molecular flexibility index (Phi) is 6.57. The summed E-state index contributed by atoms with van der Waals surface area (Å²) < 4.78 is 5.59. The van der Waals surface area contributed by atoms with Crippen LogP contribution in [0.5, 0.6) is 0 Å². The van der Waals surface area contributed by atoms with Crippen LogP contribution in [0.15, 0.2) is 78.6 Å². The molecular weight excluding hydrogens is 406 g/mol. The Bertz CT molecular complexity index is 645. The van der Waals surface area contributed by atoms with E-state index in [2.05, 4.69) is 6.58 Å². The molecule has 0 aromatic heterocycles. The van der Waals surface area contributed by atoms with Crippen molar-refractivity contribution in [3.63, 3.8) is 0 Å². The van der Waals surface area contributed by atoms with E-state index in [0.717, 1.165) is 16.7 Å². The molecule has 0 radical (unpaired) electrons. The SMILES string of the molecule is C=C[Si](Cl)(C=C(c1ccccc1)c1ccccc1)O[Si](Cl)(Cl)Cl. The number of hydrogen-bond donors (Lipinski definition) is 0. The summed E-state index contributed by atoms with van der Waals surface area (Å²) in [6.45, 7) is 3.76. The first-order valence-corrected chi connectivity index (χ1v) is 14.8. The van der Waals surface area contributed by atoms with E-state index in [-0.39, 0.29) is 0 Å². The van der Waals surface area contributed by atoms with Crippen LogP contribution in [0.3, 0.4) is 0 Å². The molecule has 0 amide bonds. The summed E-state index contributed by atoms with van der Waals surface area (Å²) in [5, 5.41) is 0. The van der Waals surface area contributed by atoms with Crippen molar-refractivity contribution in [1.82, 2.24) is 0 Å². The molecule has 0 aliphatic rings. The zero-order chi connectivity index (χ0) is 16.9. The van der Waals surface area contributed by atoms with Crippen molar-refractivity contribution in [2.24, 2.45) is 0 Å². The van der Waals surface area contributed by atoms with Gasteiger partial charge in [-0.1, -0.05) is 99.6 Å². The highest BCUT2D eigenvalue weighted by Crippen LogP contribution is 2.33. The van der Waals surface area contributed by atoms with Crippen LogP contribution in [-0.4, -0.2) is 13.9 Å². The number of benzene rings is 2. The smallest absolute Gasteiger partial charge is 0.404 e. The molecule has 1 atom stereocenters. The van der Waals surface area contributed by atoms with E-state index in [0.29, 0.717) is 0 Å². The molecule has 0 aliphatic heterocycles. The van der Waals surface area contributed by atoms with Gasteiger partial charge in [-0.2, -0.15) is 0 Å². The summed E-state index contributed by atoms with van der Waals surface area (Å²) in [6, 6.07) is 19.8. The lowest BCUT2D eigenvalue weighted by Crippen LogP contribution is -2.36. The lowest BCUT2D eigenvalue weighted by molar-refractivity contribution is 0.628. The van der Waals surface area contributed by atoms with E-state index in [9.17, 15) is 0 Å². The molecule has 0 bridgehead atoms. The molecule has 120 valence electrons. The molecular formula is C16H14Cl4OSi2. The Labute approximate surface area is 157 Å². The lowest BCUT2D eigenvalue weighted by atomic mass is 10.00. The van der Waals surface area contributed by atoms with Crippen LogP contribution < -0.4 is 0 Å². The Morgan fingerprint density at radius 1 is 0.826 bits per heavy atom. The summed E-state index contributed by atoms with van der Waals surface area (Å²) in [6.07, 6.45) is -3.35. The molecule has 0 spiro atoms. The average Bonchev–Trinajstić information content (AvgIpc) is 2.53. The minimum absolute atomic E-state index is 0.927. The molecule has 0 heterocycles. The van der Waals surface area contributed by atoms with Gasteiger partial charge in [0.2, 0.25) is 0 Å². The van der Waals surface area contributed by atoms with Crippen molar-refractivity contribution < 1.29 is 4.12 Å². The molecule has 0 saturated heterocycles. The Balaban J connectivity index is 2.55. The van der Waals surface area contributed by atoms with E-state index in [1.165, 1.54) is 0 Å². The molecule has 2 aromatic carbocycles. The van der Waals surface area contributed by atoms with Gasteiger partial charge in [-0.3, -0.25) is 0 Å². The van der Waals surface area contributed by atoms with Crippen LogP contribution in [-0.2, 0) is 4.12 Å². The first kappa shape index (κ1) is 18.8. The van der Waals surface area contributed by atoms with Crippen molar-refractivity contribution in [3.05, 3.63) is 89.8 Å². The normalized spacial score (nSPS) is 13.9. The predicted molar refractivity (Wildman–Crippen MR) is 106 cm³/mol. The van der Waals surface area contributed by atoms with Crippen LogP contribution in [0.4, 0.5) is 0 Å². The monoisotopic (exact) mass is 418 g/mol. The lowest BCUT2D eigenvalue weighted by Gasteiger charge is -2.23. The van der Waals surface area contributed by atoms with Gasteiger partial charge in [-0.15, -0.1) is 17.7 Å². The van der Waals surface area contributed by atoms with Crippen LogP contribution >= 0.6 is 44.3 Å². The van der Waals surface area contributed by atoms with Crippen LogP contribution in [0.2, 0.25) is 0 Å². The number of rotatable bonds is 6. The molecule has 2 aromatic rings. The fourth-order valence-corrected chi connectivity index (χ4v) is 10.8. The van der Waals surface area contributed by atoms with Crippen molar-refractivity contribution in [3.8, 4) is 0 Å². The van der Waals surface area contributed by atoms with Gasteiger partial charge < -0.3 is 4.12 Å². The topological polar surface area (TPSA) is 9.23 Å². The maximum atomic E-state index is 6.61. The van der Waals surface area contributed by atoms with E-state index < -0.39 is 13.9 Å².